The van der Waals surface area contributed by atoms with Gasteiger partial charge in [0.25, 0.3) is 0 Å². The third kappa shape index (κ3) is 4.05. The van der Waals surface area contributed by atoms with Gasteiger partial charge in [0.15, 0.2) is 0 Å². The molecule has 1 heterocycles. The summed E-state index contributed by atoms with van der Waals surface area (Å²) in [6.45, 7) is 10.3. The Hall–Kier alpha value is -0.900. The molecule has 4 atom stereocenters. The van der Waals surface area contributed by atoms with Crippen molar-refractivity contribution in [2.45, 2.75) is 38.9 Å². The molecule has 3 N–H and O–H groups in total. The van der Waals surface area contributed by atoms with Crippen LogP contribution >= 0.6 is 0 Å². The summed E-state index contributed by atoms with van der Waals surface area (Å²) in [7, 11) is 4.05. The molecule has 1 saturated heterocycles. The molecular weight excluding hydrogens is 246 g/mol. The second kappa shape index (κ2) is 7.21. The standard InChI is InChI=1S/C17H29N3/c1-13(10-20-11-14(2)19-15(3)12-20)17(18-4)16-8-6-5-7-9-16/h5-9,13-15,17,19H,4,10-12,18H2,1-3H3/t13-,14-,15+,17+/m0/s1. The third-order valence-electron chi connectivity index (χ3n) is 4.23. The van der Waals surface area contributed by atoms with Crippen LogP contribution in [0.25, 0.3) is 0 Å². The first-order chi connectivity index (χ1) is 9.60. The SMILES string of the molecule is [CH2-][NH2+][C@@H](c1ccccc1)[C@@H](C)CN1C[C@@H](C)N[C@@H](C)C1. The van der Waals surface area contributed by atoms with Crippen LogP contribution in [0.3, 0.4) is 0 Å². The largest absolute Gasteiger partial charge is 0.472 e. The van der Waals surface area contributed by atoms with E-state index in [1.807, 2.05) is 0 Å². The Balaban J connectivity index is 1.97. The van der Waals surface area contributed by atoms with Crippen LogP contribution in [0.5, 0.6) is 0 Å². The van der Waals surface area contributed by atoms with Crippen molar-refractivity contribution in [2.75, 3.05) is 19.6 Å². The van der Waals surface area contributed by atoms with Gasteiger partial charge in [0.1, 0.15) is 0 Å². The molecule has 1 aliphatic rings. The van der Waals surface area contributed by atoms with Gasteiger partial charge in [-0.15, -0.1) is 0 Å². The summed E-state index contributed by atoms with van der Waals surface area (Å²) >= 11 is 0. The van der Waals surface area contributed by atoms with Crippen LogP contribution in [0.2, 0.25) is 0 Å². The average molecular weight is 275 g/mol. The van der Waals surface area contributed by atoms with Crippen LogP contribution < -0.4 is 10.6 Å². The highest BCUT2D eigenvalue weighted by Gasteiger charge is 2.26. The molecule has 0 unspecified atom stereocenters. The highest BCUT2D eigenvalue weighted by Crippen LogP contribution is 2.20. The van der Waals surface area contributed by atoms with Crippen LogP contribution in [-0.4, -0.2) is 36.6 Å². The smallest absolute Gasteiger partial charge is 0.0914 e. The van der Waals surface area contributed by atoms with Gasteiger partial charge in [-0.25, -0.2) is 0 Å². The Labute approximate surface area is 123 Å². The number of benzene rings is 1. The van der Waals surface area contributed by atoms with Gasteiger partial charge >= 0.3 is 0 Å². The Morgan fingerprint density at radius 2 is 1.85 bits per heavy atom. The molecule has 0 amide bonds. The van der Waals surface area contributed by atoms with Crippen LogP contribution in [-0.2, 0) is 0 Å². The molecule has 1 fully saturated rings. The second-order valence-electron chi connectivity index (χ2n) is 6.34. The molecule has 112 valence electrons. The molecule has 20 heavy (non-hydrogen) atoms. The molecule has 3 heteroatoms. The third-order valence-corrected chi connectivity index (χ3v) is 4.23. The fourth-order valence-electron chi connectivity index (χ4n) is 3.48. The van der Waals surface area contributed by atoms with Crippen molar-refractivity contribution >= 4 is 0 Å². The van der Waals surface area contributed by atoms with Crippen LogP contribution in [0.15, 0.2) is 30.3 Å². The van der Waals surface area contributed by atoms with Crippen LogP contribution in [0, 0.1) is 13.0 Å². The summed E-state index contributed by atoms with van der Waals surface area (Å²) in [5.74, 6) is 0.590. The molecule has 0 bridgehead atoms. The van der Waals surface area contributed by atoms with Crippen LogP contribution in [0.1, 0.15) is 32.4 Å². The average Bonchev–Trinajstić information content (AvgIpc) is 2.39. The highest BCUT2D eigenvalue weighted by atomic mass is 15.2. The summed E-state index contributed by atoms with van der Waals surface area (Å²) in [5.41, 5.74) is 1.38. The van der Waals surface area contributed by atoms with Gasteiger partial charge in [0, 0.05) is 43.2 Å². The Morgan fingerprint density at radius 3 is 2.40 bits per heavy atom. The van der Waals surface area contributed by atoms with Crippen molar-refractivity contribution in [2.24, 2.45) is 5.92 Å². The number of piperazine rings is 1. The molecule has 0 spiro atoms. The zero-order valence-corrected chi connectivity index (χ0v) is 13.0. The lowest BCUT2D eigenvalue weighted by Gasteiger charge is -2.38. The van der Waals surface area contributed by atoms with E-state index < -0.39 is 0 Å². The lowest BCUT2D eigenvalue weighted by molar-refractivity contribution is -0.648. The summed E-state index contributed by atoms with van der Waals surface area (Å²) in [6.07, 6.45) is 0. The van der Waals surface area contributed by atoms with E-state index in [9.17, 15) is 0 Å². The van der Waals surface area contributed by atoms with Gasteiger partial charge in [-0.2, -0.15) is 7.05 Å². The molecule has 2 rings (SSSR count). The summed E-state index contributed by atoms with van der Waals surface area (Å²) in [6, 6.07) is 12.4. The zero-order chi connectivity index (χ0) is 14.5. The Morgan fingerprint density at radius 1 is 1.25 bits per heavy atom. The molecule has 0 aromatic heterocycles. The van der Waals surface area contributed by atoms with E-state index in [0.29, 0.717) is 24.0 Å². The minimum Gasteiger partial charge on any atom is -0.472 e. The lowest BCUT2D eigenvalue weighted by Crippen LogP contribution is -2.80. The van der Waals surface area contributed by atoms with E-state index in [0.717, 1.165) is 19.6 Å². The maximum atomic E-state index is 4.05. The Kier molecular flexibility index (Phi) is 5.58. The molecule has 1 aromatic rings. The number of hydrogen-bond donors (Lipinski definition) is 2. The van der Waals surface area contributed by atoms with Crippen molar-refractivity contribution in [1.82, 2.24) is 10.2 Å². The van der Waals surface area contributed by atoms with Crippen molar-refractivity contribution in [3.63, 3.8) is 0 Å². The summed E-state index contributed by atoms with van der Waals surface area (Å²) in [4.78, 5) is 2.59. The van der Waals surface area contributed by atoms with Gasteiger partial charge in [-0.05, 0) is 13.8 Å². The number of nitrogens with zero attached hydrogens (tertiary/aromatic N) is 1. The van der Waals surface area contributed by atoms with Gasteiger partial charge < -0.3 is 10.6 Å². The number of nitrogens with one attached hydrogen (secondary N) is 1. The number of nitrogens with two attached hydrogens (primary N) is 1. The van der Waals surface area contributed by atoms with E-state index in [-0.39, 0.29) is 0 Å². The number of quaternary nitrogens is 1. The quantitative estimate of drug-likeness (QED) is 0.796. The highest BCUT2D eigenvalue weighted by molar-refractivity contribution is 5.17. The minimum absolute atomic E-state index is 0.441. The van der Waals surface area contributed by atoms with E-state index in [2.05, 4.69) is 73.7 Å². The van der Waals surface area contributed by atoms with E-state index in [1.165, 1.54) is 5.56 Å². The molecule has 0 aliphatic carbocycles. The first kappa shape index (κ1) is 15.5. The van der Waals surface area contributed by atoms with Gasteiger partial charge in [-0.1, -0.05) is 37.3 Å². The molecular formula is C17H29N3. The van der Waals surface area contributed by atoms with Crippen molar-refractivity contribution in [3.8, 4) is 0 Å². The number of hydrogen-bond acceptors (Lipinski definition) is 2. The van der Waals surface area contributed by atoms with E-state index >= 15 is 0 Å². The van der Waals surface area contributed by atoms with Gasteiger partial charge in [-0.3, -0.25) is 4.90 Å². The Bertz CT molecular complexity index is 382. The van der Waals surface area contributed by atoms with Crippen LogP contribution in [0.4, 0.5) is 0 Å². The normalized spacial score (nSPS) is 27.2. The lowest BCUT2D eigenvalue weighted by atomic mass is 9.93. The van der Waals surface area contributed by atoms with Gasteiger partial charge in [0.2, 0.25) is 0 Å². The predicted molar refractivity (Wildman–Crippen MR) is 84.1 cm³/mol. The maximum Gasteiger partial charge on any atom is 0.0914 e. The van der Waals surface area contributed by atoms with Crippen molar-refractivity contribution < 1.29 is 5.32 Å². The van der Waals surface area contributed by atoms with Gasteiger partial charge in [0.05, 0.1) is 6.04 Å². The first-order valence-corrected chi connectivity index (χ1v) is 7.76. The van der Waals surface area contributed by atoms with E-state index in [4.69, 9.17) is 0 Å². The fourth-order valence-corrected chi connectivity index (χ4v) is 3.48. The molecule has 0 saturated carbocycles. The van der Waals surface area contributed by atoms with Crippen molar-refractivity contribution in [3.05, 3.63) is 42.9 Å². The van der Waals surface area contributed by atoms with E-state index in [1.54, 1.807) is 0 Å². The minimum atomic E-state index is 0.441. The molecule has 1 aromatic carbocycles. The monoisotopic (exact) mass is 275 g/mol. The topological polar surface area (TPSA) is 31.9 Å². The summed E-state index contributed by atoms with van der Waals surface area (Å²) in [5, 5.41) is 5.70. The molecule has 1 aliphatic heterocycles. The second-order valence-corrected chi connectivity index (χ2v) is 6.34. The fraction of sp³-hybridized carbons (Fsp3) is 0.588. The number of rotatable bonds is 5. The summed E-state index contributed by atoms with van der Waals surface area (Å²) < 4.78 is 0. The molecule has 3 nitrogen and oxygen atoms in total. The van der Waals surface area contributed by atoms with Crippen molar-refractivity contribution in [1.29, 1.82) is 0 Å². The zero-order valence-electron chi connectivity index (χ0n) is 13.0. The predicted octanol–water partition coefficient (Wildman–Crippen LogP) is 1.40. The maximum absolute atomic E-state index is 4.05. The molecule has 0 radical (unpaired) electrons. The first-order valence-electron chi connectivity index (χ1n) is 7.76.